The second kappa shape index (κ2) is 7.06. The zero-order chi connectivity index (χ0) is 17.0. The molecule has 6 heteroatoms. The smallest absolute Gasteiger partial charge is 0.410 e. The minimum atomic E-state index is -0.474. The van der Waals surface area contributed by atoms with Crippen LogP contribution in [0.3, 0.4) is 0 Å². The highest BCUT2D eigenvalue weighted by Crippen LogP contribution is 2.24. The SMILES string of the molecule is CC(C)(C)OC(=O)N1CCC(CNc2c(N)cccc2F)CC1. The van der Waals surface area contributed by atoms with Crippen molar-refractivity contribution in [2.45, 2.75) is 39.2 Å². The molecule has 0 saturated carbocycles. The molecule has 0 radical (unpaired) electrons. The van der Waals surface area contributed by atoms with E-state index in [0.29, 0.717) is 36.9 Å². The zero-order valence-electron chi connectivity index (χ0n) is 14.1. The molecule has 1 saturated heterocycles. The van der Waals surface area contributed by atoms with Crippen molar-refractivity contribution in [2.75, 3.05) is 30.7 Å². The maximum Gasteiger partial charge on any atom is 0.410 e. The number of anilines is 2. The van der Waals surface area contributed by atoms with E-state index in [-0.39, 0.29) is 11.9 Å². The van der Waals surface area contributed by atoms with Gasteiger partial charge < -0.3 is 20.7 Å². The van der Waals surface area contributed by atoms with E-state index >= 15 is 0 Å². The number of amides is 1. The molecule has 1 heterocycles. The summed E-state index contributed by atoms with van der Waals surface area (Å²) in [7, 11) is 0. The van der Waals surface area contributed by atoms with Crippen LogP contribution in [0, 0.1) is 11.7 Å². The van der Waals surface area contributed by atoms with Gasteiger partial charge in [0.05, 0.1) is 11.4 Å². The van der Waals surface area contributed by atoms with Crippen molar-refractivity contribution >= 4 is 17.5 Å². The highest BCUT2D eigenvalue weighted by Gasteiger charge is 2.26. The summed E-state index contributed by atoms with van der Waals surface area (Å²) in [6.45, 7) is 7.55. The van der Waals surface area contributed by atoms with Crippen molar-refractivity contribution < 1.29 is 13.9 Å². The minimum absolute atomic E-state index is 0.262. The number of likely N-dealkylation sites (tertiary alicyclic amines) is 1. The molecule has 1 amide bonds. The zero-order valence-corrected chi connectivity index (χ0v) is 14.1. The molecule has 1 aliphatic rings. The summed E-state index contributed by atoms with van der Waals surface area (Å²) >= 11 is 0. The van der Waals surface area contributed by atoms with Crippen molar-refractivity contribution in [3.63, 3.8) is 0 Å². The maximum atomic E-state index is 13.7. The number of para-hydroxylation sites is 1. The summed E-state index contributed by atoms with van der Waals surface area (Å²) in [5.74, 6) is 0.0453. The average Bonchev–Trinajstić information content (AvgIpc) is 2.45. The number of piperidine rings is 1. The molecule has 1 aromatic carbocycles. The lowest BCUT2D eigenvalue weighted by Crippen LogP contribution is -2.42. The molecule has 0 atom stereocenters. The number of hydrogen-bond acceptors (Lipinski definition) is 4. The summed E-state index contributed by atoms with van der Waals surface area (Å²) in [6, 6.07) is 4.66. The molecule has 1 aliphatic heterocycles. The van der Waals surface area contributed by atoms with E-state index in [0.717, 1.165) is 12.8 Å². The Morgan fingerprint density at radius 1 is 1.39 bits per heavy atom. The average molecular weight is 323 g/mol. The monoisotopic (exact) mass is 323 g/mol. The molecule has 0 unspecified atom stereocenters. The van der Waals surface area contributed by atoms with Crippen LogP contribution in [0.4, 0.5) is 20.6 Å². The Hall–Kier alpha value is -1.98. The van der Waals surface area contributed by atoms with E-state index in [1.54, 1.807) is 17.0 Å². The molecule has 2 rings (SSSR count). The van der Waals surface area contributed by atoms with Gasteiger partial charge in [-0.1, -0.05) is 6.07 Å². The Kier molecular flexibility index (Phi) is 5.34. The number of nitrogens with zero attached hydrogens (tertiary/aromatic N) is 1. The standard InChI is InChI=1S/C17H26FN3O2/c1-17(2,3)23-16(22)21-9-7-12(8-10-21)11-20-15-13(18)5-4-6-14(15)19/h4-6,12,20H,7-11,19H2,1-3H3. The molecular formula is C17H26FN3O2. The van der Waals surface area contributed by atoms with Crippen molar-refractivity contribution in [1.82, 2.24) is 4.90 Å². The van der Waals surface area contributed by atoms with Crippen molar-refractivity contribution in [2.24, 2.45) is 5.92 Å². The maximum absolute atomic E-state index is 13.7. The molecule has 23 heavy (non-hydrogen) atoms. The highest BCUT2D eigenvalue weighted by molar-refractivity contribution is 5.68. The fourth-order valence-electron chi connectivity index (χ4n) is 2.62. The molecule has 0 aliphatic carbocycles. The predicted molar refractivity (Wildman–Crippen MR) is 89.8 cm³/mol. The number of carbonyl (C=O) groups excluding carboxylic acids is 1. The summed E-state index contributed by atoms with van der Waals surface area (Å²) in [5.41, 5.74) is 6.09. The first kappa shape index (κ1) is 17.4. The van der Waals surface area contributed by atoms with Gasteiger partial charge >= 0.3 is 6.09 Å². The Labute approximate surface area is 137 Å². The first-order valence-electron chi connectivity index (χ1n) is 8.02. The van der Waals surface area contributed by atoms with Gasteiger partial charge in [-0.2, -0.15) is 0 Å². The van der Waals surface area contributed by atoms with E-state index in [1.165, 1.54) is 6.07 Å². The summed E-state index contributed by atoms with van der Waals surface area (Å²) in [6.07, 6.45) is 1.46. The molecule has 0 aromatic heterocycles. The molecule has 128 valence electrons. The van der Waals surface area contributed by atoms with Crippen LogP contribution in [0.1, 0.15) is 33.6 Å². The Bertz CT molecular complexity index is 529. The van der Waals surface area contributed by atoms with Crippen LogP contribution < -0.4 is 11.1 Å². The van der Waals surface area contributed by atoms with Gasteiger partial charge in [0.15, 0.2) is 0 Å². The summed E-state index contributed by atoms with van der Waals surface area (Å²) in [5, 5.41) is 3.10. The lowest BCUT2D eigenvalue weighted by atomic mass is 9.97. The van der Waals surface area contributed by atoms with Gasteiger partial charge in [-0.25, -0.2) is 9.18 Å². The van der Waals surface area contributed by atoms with E-state index in [1.807, 2.05) is 20.8 Å². The highest BCUT2D eigenvalue weighted by atomic mass is 19.1. The number of carbonyl (C=O) groups is 1. The number of nitrogens with two attached hydrogens (primary N) is 1. The number of ether oxygens (including phenoxy) is 1. The van der Waals surface area contributed by atoms with Gasteiger partial charge in [0.1, 0.15) is 11.4 Å². The number of benzene rings is 1. The second-order valence-corrected chi connectivity index (χ2v) is 7.00. The molecule has 3 N–H and O–H groups in total. The third-order valence-electron chi connectivity index (χ3n) is 3.88. The van der Waals surface area contributed by atoms with Crippen molar-refractivity contribution in [3.8, 4) is 0 Å². The van der Waals surface area contributed by atoms with E-state index in [4.69, 9.17) is 10.5 Å². The summed E-state index contributed by atoms with van der Waals surface area (Å²) in [4.78, 5) is 13.7. The largest absolute Gasteiger partial charge is 0.444 e. The van der Waals surface area contributed by atoms with Gasteiger partial charge in [0, 0.05) is 19.6 Å². The fourth-order valence-corrected chi connectivity index (χ4v) is 2.62. The quantitative estimate of drug-likeness (QED) is 0.836. The van der Waals surface area contributed by atoms with Gasteiger partial charge in [0.25, 0.3) is 0 Å². The van der Waals surface area contributed by atoms with Gasteiger partial charge in [-0.3, -0.25) is 0 Å². The predicted octanol–water partition coefficient (Wildman–Crippen LogP) is 3.47. The summed E-state index contributed by atoms with van der Waals surface area (Å²) < 4.78 is 19.1. The fraction of sp³-hybridized carbons (Fsp3) is 0.588. The number of hydrogen-bond donors (Lipinski definition) is 2. The van der Waals surface area contributed by atoms with E-state index < -0.39 is 5.60 Å². The topological polar surface area (TPSA) is 67.6 Å². The van der Waals surface area contributed by atoms with Crippen LogP contribution in [-0.4, -0.2) is 36.2 Å². The van der Waals surface area contributed by atoms with Gasteiger partial charge in [-0.15, -0.1) is 0 Å². The van der Waals surface area contributed by atoms with Crippen LogP contribution in [0.25, 0.3) is 0 Å². The van der Waals surface area contributed by atoms with Crippen LogP contribution in [-0.2, 0) is 4.74 Å². The van der Waals surface area contributed by atoms with Crippen molar-refractivity contribution in [1.29, 1.82) is 0 Å². The number of rotatable bonds is 3. The van der Waals surface area contributed by atoms with Gasteiger partial charge in [-0.05, 0) is 51.7 Å². The van der Waals surface area contributed by atoms with Crippen LogP contribution in [0.15, 0.2) is 18.2 Å². The number of nitrogen functional groups attached to an aromatic ring is 1. The Morgan fingerprint density at radius 3 is 2.61 bits per heavy atom. The lowest BCUT2D eigenvalue weighted by molar-refractivity contribution is 0.0188. The third-order valence-corrected chi connectivity index (χ3v) is 3.88. The number of nitrogens with one attached hydrogen (secondary N) is 1. The Balaban J connectivity index is 1.80. The molecule has 0 bridgehead atoms. The van der Waals surface area contributed by atoms with Crippen molar-refractivity contribution in [3.05, 3.63) is 24.0 Å². The van der Waals surface area contributed by atoms with Gasteiger partial charge in [0.2, 0.25) is 0 Å². The van der Waals surface area contributed by atoms with Crippen LogP contribution in [0.2, 0.25) is 0 Å². The Morgan fingerprint density at radius 2 is 2.04 bits per heavy atom. The van der Waals surface area contributed by atoms with E-state index in [9.17, 15) is 9.18 Å². The minimum Gasteiger partial charge on any atom is -0.444 e. The molecule has 1 fully saturated rings. The molecule has 5 nitrogen and oxygen atoms in total. The lowest BCUT2D eigenvalue weighted by Gasteiger charge is -2.33. The first-order chi connectivity index (χ1) is 10.8. The molecule has 0 spiro atoms. The number of halogens is 1. The normalized spacial score (nSPS) is 16.3. The van der Waals surface area contributed by atoms with Crippen LogP contribution >= 0.6 is 0 Å². The molecule has 1 aromatic rings. The van der Waals surface area contributed by atoms with Crippen LogP contribution in [0.5, 0.6) is 0 Å². The molecular weight excluding hydrogens is 297 g/mol. The van der Waals surface area contributed by atoms with E-state index in [2.05, 4.69) is 5.32 Å². The second-order valence-electron chi connectivity index (χ2n) is 7.00. The third kappa shape index (κ3) is 5.01. The first-order valence-corrected chi connectivity index (χ1v) is 8.02.